The number of hydrogen-bond donors (Lipinski definition) is 3. The minimum atomic E-state index is -3.32. The van der Waals surface area contributed by atoms with E-state index in [0.717, 1.165) is 25.7 Å². The number of primary sulfonamides is 1. The van der Waals surface area contributed by atoms with Crippen LogP contribution in [0.3, 0.4) is 0 Å². The Morgan fingerprint density at radius 1 is 1.21 bits per heavy atom. The van der Waals surface area contributed by atoms with Crippen LogP contribution in [-0.4, -0.2) is 32.8 Å². The lowest BCUT2D eigenvalue weighted by Crippen LogP contribution is -2.39. The molecule has 0 aromatic rings. The summed E-state index contributed by atoms with van der Waals surface area (Å²) < 4.78 is 21.3. The molecule has 1 saturated carbocycles. The van der Waals surface area contributed by atoms with Gasteiger partial charge in [0.2, 0.25) is 10.0 Å². The quantitative estimate of drug-likeness (QED) is 0.575. The SMILES string of the molecule is NC1CCC(NCCS(N)(=O)=O)CC1. The molecule has 0 atom stereocenters. The summed E-state index contributed by atoms with van der Waals surface area (Å²) in [5.41, 5.74) is 5.75. The fourth-order valence-electron chi connectivity index (χ4n) is 1.73. The van der Waals surface area contributed by atoms with Crippen molar-refractivity contribution in [3.63, 3.8) is 0 Å². The van der Waals surface area contributed by atoms with Crippen molar-refractivity contribution in [2.75, 3.05) is 12.3 Å². The zero-order valence-electron chi connectivity index (χ0n) is 8.28. The molecular formula is C8H19N3O2S. The van der Waals surface area contributed by atoms with E-state index < -0.39 is 10.0 Å². The number of rotatable bonds is 4. The highest BCUT2D eigenvalue weighted by atomic mass is 32.2. The summed E-state index contributed by atoms with van der Waals surface area (Å²) in [6.07, 6.45) is 4.11. The van der Waals surface area contributed by atoms with E-state index in [0.29, 0.717) is 18.6 Å². The molecule has 0 saturated heterocycles. The van der Waals surface area contributed by atoms with Gasteiger partial charge in [-0.15, -0.1) is 0 Å². The second-order valence-corrected chi connectivity index (χ2v) is 5.67. The fourth-order valence-corrected chi connectivity index (χ4v) is 2.13. The van der Waals surface area contributed by atoms with Crippen molar-refractivity contribution in [1.82, 2.24) is 5.32 Å². The van der Waals surface area contributed by atoms with Crippen LogP contribution in [-0.2, 0) is 10.0 Å². The summed E-state index contributed by atoms with van der Waals surface area (Å²) in [7, 11) is -3.32. The predicted octanol–water partition coefficient (Wildman–Crippen LogP) is -0.866. The van der Waals surface area contributed by atoms with Crippen molar-refractivity contribution < 1.29 is 8.42 Å². The maximum absolute atomic E-state index is 10.6. The van der Waals surface area contributed by atoms with E-state index in [4.69, 9.17) is 10.9 Å². The summed E-state index contributed by atoms with van der Waals surface area (Å²) in [5, 5.41) is 8.07. The second-order valence-electron chi connectivity index (χ2n) is 3.93. The largest absolute Gasteiger partial charge is 0.328 e. The highest BCUT2D eigenvalue weighted by Gasteiger charge is 2.17. The maximum Gasteiger partial charge on any atom is 0.210 e. The summed E-state index contributed by atoms with van der Waals surface area (Å²) in [5.74, 6) is 0.00948. The van der Waals surface area contributed by atoms with E-state index >= 15 is 0 Å². The first kappa shape index (κ1) is 11.9. The second kappa shape index (κ2) is 5.06. The van der Waals surface area contributed by atoms with Gasteiger partial charge in [0.25, 0.3) is 0 Å². The maximum atomic E-state index is 10.6. The van der Waals surface area contributed by atoms with Crippen LogP contribution in [0.4, 0.5) is 0 Å². The van der Waals surface area contributed by atoms with Crippen LogP contribution in [0.25, 0.3) is 0 Å². The van der Waals surface area contributed by atoms with Crippen molar-refractivity contribution in [1.29, 1.82) is 0 Å². The molecule has 84 valence electrons. The smallest absolute Gasteiger partial charge is 0.210 e. The Hall–Kier alpha value is -0.170. The minimum absolute atomic E-state index is 0.00948. The van der Waals surface area contributed by atoms with Gasteiger partial charge in [0.05, 0.1) is 5.75 Å². The molecule has 0 aromatic carbocycles. The lowest BCUT2D eigenvalue weighted by molar-refractivity contribution is 0.348. The lowest BCUT2D eigenvalue weighted by Gasteiger charge is -2.26. The average Bonchev–Trinajstić information content (AvgIpc) is 2.06. The molecule has 0 radical (unpaired) electrons. The average molecular weight is 221 g/mol. The van der Waals surface area contributed by atoms with Gasteiger partial charge in [-0.25, -0.2) is 13.6 Å². The van der Waals surface area contributed by atoms with Crippen LogP contribution in [0.1, 0.15) is 25.7 Å². The van der Waals surface area contributed by atoms with Gasteiger partial charge >= 0.3 is 0 Å². The van der Waals surface area contributed by atoms with Crippen molar-refractivity contribution in [3.8, 4) is 0 Å². The van der Waals surface area contributed by atoms with E-state index in [9.17, 15) is 8.42 Å². The highest BCUT2D eigenvalue weighted by molar-refractivity contribution is 7.89. The van der Waals surface area contributed by atoms with Gasteiger partial charge < -0.3 is 11.1 Å². The molecule has 1 fully saturated rings. The van der Waals surface area contributed by atoms with Gasteiger partial charge in [-0.1, -0.05) is 0 Å². The fraction of sp³-hybridized carbons (Fsp3) is 1.00. The van der Waals surface area contributed by atoms with Gasteiger partial charge in [0, 0.05) is 18.6 Å². The molecule has 0 heterocycles. The van der Waals surface area contributed by atoms with Gasteiger partial charge in [-0.05, 0) is 25.7 Å². The monoisotopic (exact) mass is 221 g/mol. The number of nitrogens with one attached hydrogen (secondary N) is 1. The van der Waals surface area contributed by atoms with Gasteiger partial charge in [0.15, 0.2) is 0 Å². The van der Waals surface area contributed by atoms with Crippen LogP contribution in [0.5, 0.6) is 0 Å². The summed E-state index contributed by atoms with van der Waals surface area (Å²) in [6.45, 7) is 0.443. The molecule has 6 heteroatoms. The topological polar surface area (TPSA) is 98.2 Å². The zero-order chi connectivity index (χ0) is 10.6. The number of nitrogens with two attached hydrogens (primary N) is 2. The molecule has 0 aliphatic heterocycles. The van der Waals surface area contributed by atoms with Crippen molar-refractivity contribution in [2.24, 2.45) is 10.9 Å². The van der Waals surface area contributed by atoms with E-state index in [1.54, 1.807) is 0 Å². The minimum Gasteiger partial charge on any atom is -0.328 e. The lowest BCUT2D eigenvalue weighted by atomic mass is 9.92. The summed E-state index contributed by atoms with van der Waals surface area (Å²) >= 11 is 0. The highest BCUT2D eigenvalue weighted by Crippen LogP contribution is 2.16. The molecular weight excluding hydrogens is 202 g/mol. The Labute approximate surface area is 85.3 Å². The van der Waals surface area contributed by atoms with E-state index in [1.807, 2.05) is 0 Å². The van der Waals surface area contributed by atoms with E-state index in [1.165, 1.54) is 0 Å². The molecule has 0 spiro atoms. The first-order valence-electron chi connectivity index (χ1n) is 4.97. The van der Waals surface area contributed by atoms with Crippen molar-refractivity contribution >= 4 is 10.0 Å². The first-order chi connectivity index (χ1) is 6.47. The molecule has 1 rings (SSSR count). The predicted molar refractivity (Wildman–Crippen MR) is 56.2 cm³/mol. The van der Waals surface area contributed by atoms with Crippen LogP contribution in [0.2, 0.25) is 0 Å². The van der Waals surface area contributed by atoms with Crippen LogP contribution in [0.15, 0.2) is 0 Å². The van der Waals surface area contributed by atoms with Crippen molar-refractivity contribution in [3.05, 3.63) is 0 Å². The molecule has 5 nitrogen and oxygen atoms in total. The Morgan fingerprint density at radius 2 is 1.79 bits per heavy atom. The van der Waals surface area contributed by atoms with Crippen LogP contribution >= 0.6 is 0 Å². The van der Waals surface area contributed by atoms with Gasteiger partial charge in [-0.3, -0.25) is 0 Å². The molecule has 0 amide bonds. The molecule has 1 aliphatic carbocycles. The summed E-state index contributed by atoms with van der Waals surface area (Å²) in [6, 6.07) is 0.739. The molecule has 0 bridgehead atoms. The molecule has 1 aliphatic rings. The van der Waals surface area contributed by atoms with Gasteiger partial charge in [-0.2, -0.15) is 0 Å². The Morgan fingerprint density at radius 3 is 2.29 bits per heavy atom. The molecule has 0 unspecified atom stereocenters. The third-order valence-corrected chi connectivity index (χ3v) is 3.36. The normalized spacial score (nSPS) is 29.0. The van der Waals surface area contributed by atoms with Gasteiger partial charge in [0.1, 0.15) is 0 Å². The molecule has 0 aromatic heterocycles. The van der Waals surface area contributed by atoms with Crippen molar-refractivity contribution in [2.45, 2.75) is 37.8 Å². The Balaban J connectivity index is 2.14. The summed E-state index contributed by atoms with van der Waals surface area (Å²) in [4.78, 5) is 0. The third kappa shape index (κ3) is 4.90. The Bertz CT molecular complexity index is 258. The molecule has 14 heavy (non-hydrogen) atoms. The van der Waals surface area contributed by atoms with E-state index in [2.05, 4.69) is 5.32 Å². The molecule has 5 N–H and O–H groups in total. The van der Waals surface area contributed by atoms with E-state index in [-0.39, 0.29) is 5.75 Å². The number of hydrogen-bond acceptors (Lipinski definition) is 4. The van der Waals surface area contributed by atoms with Crippen LogP contribution in [0, 0.1) is 0 Å². The standard InChI is InChI=1S/C8H19N3O2S/c9-7-1-3-8(4-2-7)11-5-6-14(10,12)13/h7-8,11H,1-6,9H2,(H2,10,12,13). The Kier molecular flexibility index (Phi) is 4.31. The first-order valence-corrected chi connectivity index (χ1v) is 6.68. The number of sulfonamides is 1. The van der Waals surface area contributed by atoms with Crippen LogP contribution < -0.4 is 16.2 Å². The third-order valence-electron chi connectivity index (χ3n) is 2.59. The zero-order valence-corrected chi connectivity index (χ0v) is 9.09.